The SMILES string of the molecule is NS(=O)(=O)c1cc(C(=O)NCCCC2CCCC2)oc1Br. The lowest BCUT2D eigenvalue weighted by atomic mass is 10.0. The van der Waals surface area contributed by atoms with E-state index in [0.717, 1.165) is 24.8 Å². The van der Waals surface area contributed by atoms with Gasteiger partial charge in [0.2, 0.25) is 10.0 Å². The summed E-state index contributed by atoms with van der Waals surface area (Å²) >= 11 is 2.94. The van der Waals surface area contributed by atoms with Gasteiger partial charge in [0.05, 0.1) is 0 Å². The van der Waals surface area contributed by atoms with E-state index in [2.05, 4.69) is 21.2 Å². The summed E-state index contributed by atoms with van der Waals surface area (Å²) in [6.07, 6.45) is 7.24. The van der Waals surface area contributed by atoms with Gasteiger partial charge in [-0.05, 0) is 34.7 Å². The number of primary sulfonamides is 1. The zero-order valence-corrected chi connectivity index (χ0v) is 14.0. The van der Waals surface area contributed by atoms with E-state index in [1.807, 2.05) is 0 Å². The lowest BCUT2D eigenvalue weighted by molar-refractivity contribution is 0.0923. The quantitative estimate of drug-likeness (QED) is 0.741. The zero-order valence-electron chi connectivity index (χ0n) is 11.6. The van der Waals surface area contributed by atoms with Crippen molar-refractivity contribution < 1.29 is 17.6 Å². The molecule has 1 aliphatic rings. The monoisotopic (exact) mass is 378 g/mol. The Kier molecular flexibility index (Phi) is 5.45. The molecule has 1 aromatic rings. The summed E-state index contributed by atoms with van der Waals surface area (Å²) in [7, 11) is -3.90. The number of nitrogens with two attached hydrogens (primary N) is 1. The van der Waals surface area contributed by atoms with Crippen LogP contribution in [0.3, 0.4) is 0 Å². The van der Waals surface area contributed by atoms with Crippen molar-refractivity contribution in [2.24, 2.45) is 11.1 Å². The van der Waals surface area contributed by atoms with E-state index in [9.17, 15) is 13.2 Å². The van der Waals surface area contributed by atoms with Crippen LogP contribution in [0.4, 0.5) is 0 Å². The Bertz CT molecular complexity index is 606. The minimum absolute atomic E-state index is 0.0545. The number of carbonyl (C=O) groups is 1. The molecule has 0 spiro atoms. The van der Waals surface area contributed by atoms with Crippen LogP contribution in [0.25, 0.3) is 0 Å². The molecule has 0 saturated heterocycles. The smallest absolute Gasteiger partial charge is 0.287 e. The van der Waals surface area contributed by atoms with Gasteiger partial charge in [-0.15, -0.1) is 0 Å². The first-order chi connectivity index (χ1) is 9.88. The predicted molar refractivity (Wildman–Crippen MR) is 81.3 cm³/mol. The van der Waals surface area contributed by atoms with Gasteiger partial charge in [0, 0.05) is 12.6 Å². The van der Waals surface area contributed by atoms with Gasteiger partial charge in [-0.25, -0.2) is 13.6 Å². The fraction of sp³-hybridized carbons (Fsp3) is 0.615. The highest BCUT2D eigenvalue weighted by atomic mass is 79.9. The first-order valence-corrected chi connectivity index (χ1v) is 9.32. The maximum absolute atomic E-state index is 11.9. The molecule has 2 rings (SSSR count). The van der Waals surface area contributed by atoms with Crippen LogP contribution in [0, 0.1) is 5.92 Å². The first kappa shape index (κ1) is 16.5. The fourth-order valence-electron chi connectivity index (χ4n) is 2.64. The zero-order chi connectivity index (χ0) is 15.5. The Morgan fingerprint density at radius 3 is 2.67 bits per heavy atom. The molecule has 0 atom stereocenters. The van der Waals surface area contributed by atoms with E-state index in [4.69, 9.17) is 9.56 Å². The molecule has 1 saturated carbocycles. The highest BCUT2D eigenvalue weighted by Crippen LogP contribution is 2.28. The highest BCUT2D eigenvalue weighted by Gasteiger charge is 2.22. The van der Waals surface area contributed by atoms with Gasteiger partial charge in [0.1, 0.15) is 4.90 Å². The molecule has 0 aliphatic heterocycles. The molecule has 8 heteroatoms. The number of amides is 1. The molecule has 0 bridgehead atoms. The van der Waals surface area contributed by atoms with Crippen LogP contribution >= 0.6 is 15.9 Å². The average molecular weight is 379 g/mol. The third kappa shape index (κ3) is 4.55. The number of sulfonamides is 1. The van der Waals surface area contributed by atoms with Crippen molar-refractivity contribution in [3.05, 3.63) is 16.5 Å². The van der Waals surface area contributed by atoms with E-state index in [0.29, 0.717) is 6.54 Å². The maximum atomic E-state index is 11.9. The fourth-order valence-corrected chi connectivity index (χ4v) is 4.14. The number of carbonyl (C=O) groups excluding carboxylic acids is 1. The van der Waals surface area contributed by atoms with Crippen molar-refractivity contribution in [1.82, 2.24) is 5.32 Å². The van der Waals surface area contributed by atoms with E-state index >= 15 is 0 Å². The normalized spacial score (nSPS) is 16.3. The summed E-state index contributed by atoms with van der Waals surface area (Å²) in [5.74, 6) is 0.289. The Hall–Kier alpha value is -0.860. The molecule has 0 radical (unpaired) electrons. The molecule has 21 heavy (non-hydrogen) atoms. The Morgan fingerprint density at radius 2 is 2.10 bits per heavy atom. The first-order valence-electron chi connectivity index (χ1n) is 6.98. The van der Waals surface area contributed by atoms with Crippen LogP contribution in [-0.4, -0.2) is 20.9 Å². The molecule has 1 aromatic heterocycles. The molecule has 6 nitrogen and oxygen atoms in total. The summed E-state index contributed by atoms with van der Waals surface area (Å²) < 4.78 is 27.5. The Morgan fingerprint density at radius 1 is 1.43 bits per heavy atom. The molecule has 1 aliphatic carbocycles. The second kappa shape index (κ2) is 6.93. The third-order valence-corrected chi connectivity index (χ3v) is 5.50. The lowest BCUT2D eigenvalue weighted by Gasteiger charge is -2.08. The second-order valence-corrected chi connectivity index (χ2v) is 7.59. The molecule has 0 unspecified atom stereocenters. The molecule has 0 aromatic carbocycles. The van der Waals surface area contributed by atoms with Gasteiger partial charge in [-0.3, -0.25) is 4.79 Å². The number of furan rings is 1. The summed E-state index contributed by atoms with van der Waals surface area (Å²) in [5.41, 5.74) is 0. The number of rotatable bonds is 6. The summed E-state index contributed by atoms with van der Waals surface area (Å²) in [6, 6.07) is 1.13. The van der Waals surface area contributed by atoms with Gasteiger partial charge in [0.25, 0.3) is 5.91 Å². The molecule has 1 amide bonds. The molecule has 1 fully saturated rings. The van der Waals surface area contributed by atoms with E-state index < -0.39 is 15.9 Å². The molecular weight excluding hydrogens is 360 g/mol. The number of halogens is 1. The van der Waals surface area contributed by atoms with Gasteiger partial charge >= 0.3 is 0 Å². The van der Waals surface area contributed by atoms with Crippen molar-refractivity contribution in [2.45, 2.75) is 43.4 Å². The van der Waals surface area contributed by atoms with Crippen LogP contribution in [0.2, 0.25) is 0 Å². The van der Waals surface area contributed by atoms with Crippen LogP contribution in [0.1, 0.15) is 49.1 Å². The third-order valence-electron chi connectivity index (χ3n) is 3.74. The van der Waals surface area contributed by atoms with Gasteiger partial charge in [-0.1, -0.05) is 25.7 Å². The minimum Gasteiger partial charge on any atom is -0.443 e. The van der Waals surface area contributed by atoms with Crippen LogP contribution in [0.5, 0.6) is 0 Å². The summed E-state index contributed by atoms with van der Waals surface area (Å²) in [5, 5.41) is 7.74. The standard InChI is InChI=1S/C13H19BrN2O4S/c14-12-11(21(15,18)19)8-10(20-12)13(17)16-7-3-6-9-4-1-2-5-9/h8-9H,1-7H2,(H,16,17)(H2,15,18,19). The van der Waals surface area contributed by atoms with E-state index in [1.54, 1.807) is 0 Å². The van der Waals surface area contributed by atoms with Crippen LogP contribution < -0.4 is 10.5 Å². The number of hydrogen-bond acceptors (Lipinski definition) is 4. The van der Waals surface area contributed by atoms with Gasteiger partial charge in [-0.2, -0.15) is 0 Å². The molecule has 3 N–H and O–H groups in total. The predicted octanol–water partition coefficient (Wildman–Crippen LogP) is 2.39. The maximum Gasteiger partial charge on any atom is 0.287 e. The van der Waals surface area contributed by atoms with Crippen molar-refractivity contribution in [2.75, 3.05) is 6.54 Å². The van der Waals surface area contributed by atoms with Gasteiger partial charge in [0.15, 0.2) is 10.4 Å². The minimum atomic E-state index is -3.90. The lowest BCUT2D eigenvalue weighted by Crippen LogP contribution is -2.24. The van der Waals surface area contributed by atoms with Crippen molar-refractivity contribution in [3.63, 3.8) is 0 Å². The van der Waals surface area contributed by atoms with Crippen molar-refractivity contribution >= 4 is 31.9 Å². The molecule has 1 heterocycles. The molecular formula is C13H19BrN2O4S. The van der Waals surface area contributed by atoms with Crippen molar-refractivity contribution in [1.29, 1.82) is 0 Å². The topological polar surface area (TPSA) is 102 Å². The Labute approximate surface area is 132 Å². The Balaban J connectivity index is 1.83. The molecule has 118 valence electrons. The van der Waals surface area contributed by atoms with Crippen LogP contribution in [0.15, 0.2) is 20.0 Å². The van der Waals surface area contributed by atoms with Gasteiger partial charge < -0.3 is 9.73 Å². The average Bonchev–Trinajstić information content (AvgIpc) is 3.02. The highest BCUT2D eigenvalue weighted by molar-refractivity contribution is 9.10. The largest absolute Gasteiger partial charge is 0.443 e. The second-order valence-electron chi connectivity index (χ2n) is 5.34. The van der Waals surface area contributed by atoms with E-state index in [1.165, 1.54) is 25.7 Å². The van der Waals surface area contributed by atoms with Crippen LogP contribution in [-0.2, 0) is 10.0 Å². The van der Waals surface area contributed by atoms with E-state index in [-0.39, 0.29) is 15.3 Å². The summed E-state index contributed by atoms with van der Waals surface area (Å²) in [6.45, 7) is 0.554. The number of nitrogens with one attached hydrogen (secondary N) is 1. The number of hydrogen-bond donors (Lipinski definition) is 2. The summed E-state index contributed by atoms with van der Waals surface area (Å²) in [4.78, 5) is 11.6. The van der Waals surface area contributed by atoms with Crippen molar-refractivity contribution in [3.8, 4) is 0 Å².